The largest absolute Gasteiger partial charge is 0.376 e. The van der Waals surface area contributed by atoms with Crippen molar-refractivity contribution < 1.29 is 9.53 Å². The van der Waals surface area contributed by atoms with Crippen LogP contribution in [0, 0.1) is 5.92 Å². The SMILES string of the molecule is CN(C)CCN(C[C@@H]1CCCO1)C(=O)[C@@H]1C[C@@H]1c1cccnc1. The molecular weight excluding hydrogens is 290 g/mol. The Hall–Kier alpha value is -1.46. The number of amides is 1. The third-order valence-electron chi connectivity index (χ3n) is 4.80. The zero-order valence-corrected chi connectivity index (χ0v) is 14.1. The van der Waals surface area contributed by atoms with Crippen LogP contribution in [0.25, 0.3) is 0 Å². The molecule has 1 aromatic heterocycles. The Bertz CT molecular complexity index is 514. The van der Waals surface area contributed by atoms with Gasteiger partial charge >= 0.3 is 0 Å². The van der Waals surface area contributed by atoms with E-state index in [4.69, 9.17) is 4.74 Å². The van der Waals surface area contributed by atoms with Gasteiger partial charge in [-0.2, -0.15) is 0 Å². The Morgan fingerprint density at radius 2 is 2.26 bits per heavy atom. The van der Waals surface area contributed by atoms with E-state index in [9.17, 15) is 4.79 Å². The monoisotopic (exact) mass is 317 g/mol. The lowest BCUT2D eigenvalue weighted by Crippen LogP contribution is -2.42. The van der Waals surface area contributed by atoms with Gasteiger partial charge in [-0.3, -0.25) is 9.78 Å². The van der Waals surface area contributed by atoms with Crippen LogP contribution in [0.3, 0.4) is 0 Å². The fourth-order valence-corrected chi connectivity index (χ4v) is 3.31. The van der Waals surface area contributed by atoms with Gasteiger partial charge < -0.3 is 14.5 Å². The summed E-state index contributed by atoms with van der Waals surface area (Å²) in [5.41, 5.74) is 1.19. The normalized spacial score (nSPS) is 26.5. The van der Waals surface area contributed by atoms with Gasteiger partial charge in [0, 0.05) is 44.6 Å². The van der Waals surface area contributed by atoms with Gasteiger partial charge in [-0.25, -0.2) is 0 Å². The third-order valence-corrected chi connectivity index (χ3v) is 4.80. The average Bonchev–Trinajstić information content (AvgIpc) is 3.20. The first kappa shape index (κ1) is 16.4. The predicted molar refractivity (Wildman–Crippen MR) is 89.2 cm³/mol. The number of rotatable bonds is 7. The molecule has 1 saturated heterocycles. The van der Waals surface area contributed by atoms with Crippen molar-refractivity contribution in [3.05, 3.63) is 30.1 Å². The molecule has 1 aromatic rings. The Balaban J connectivity index is 1.60. The van der Waals surface area contributed by atoms with E-state index in [-0.39, 0.29) is 17.9 Å². The average molecular weight is 317 g/mol. The molecule has 1 saturated carbocycles. The summed E-state index contributed by atoms with van der Waals surface area (Å²) in [7, 11) is 4.09. The Morgan fingerprint density at radius 1 is 1.39 bits per heavy atom. The molecule has 0 radical (unpaired) electrons. The molecular formula is C18H27N3O2. The molecule has 2 heterocycles. The Morgan fingerprint density at radius 3 is 2.91 bits per heavy atom. The smallest absolute Gasteiger partial charge is 0.226 e. The molecule has 23 heavy (non-hydrogen) atoms. The van der Waals surface area contributed by atoms with Crippen molar-refractivity contribution in [1.29, 1.82) is 0 Å². The fraction of sp³-hybridized carbons (Fsp3) is 0.667. The molecule has 1 aliphatic carbocycles. The second-order valence-corrected chi connectivity index (χ2v) is 6.96. The van der Waals surface area contributed by atoms with E-state index in [0.717, 1.165) is 45.5 Å². The first-order valence-electron chi connectivity index (χ1n) is 8.60. The van der Waals surface area contributed by atoms with Crippen LogP contribution in [0.4, 0.5) is 0 Å². The topological polar surface area (TPSA) is 45.7 Å². The van der Waals surface area contributed by atoms with Crippen molar-refractivity contribution in [2.45, 2.75) is 31.3 Å². The zero-order chi connectivity index (χ0) is 16.2. The predicted octanol–water partition coefficient (Wildman–Crippen LogP) is 1.75. The number of aromatic nitrogens is 1. The van der Waals surface area contributed by atoms with Crippen molar-refractivity contribution in [1.82, 2.24) is 14.8 Å². The number of pyridine rings is 1. The number of hydrogen-bond acceptors (Lipinski definition) is 4. The van der Waals surface area contributed by atoms with Gasteiger partial charge in [0.15, 0.2) is 0 Å². The van der Waals surface area contributed by atoms with Crippen LogP contribution in [0.15, 0.2) is 24.5 Å². The number of carbonyl (C=O) groups excluding carboxylic acids is 1. The number of likely N-dealkylation sites (N-methyl/N-ethyl adjacent to an activating group) is 1. The van der Waals surface area contributed by atoms with Crippen LogP contribution in [-0.2, 0) is 9.53 Å². The third kappa shape index (κ3) is 4.30. The molecule has 1 aliphatic heterocycles. The zero-order valence-electron chi connectivity index (χ0n) is 14.1. The molecule has 3 rings (SSSR count). The summed E-state index contributed by atoms with van der Waals surface area (Å²) in [6, 6.07) is 4.03. The summed E-state index contributed by atoms with van der Waals surface area (Å²) in [6.45, 7) is 3.25. The minimum Gasteiger partial charge on any atom is -0.376 e. The van der Waals surface area contributed by atoms with E-state index in [0.29, 0.717) is 5.92 Å². The highest BCUT2D eigenvalue weighted by atomic mass is 16.5. The van der Waals surface area contributed by atoms with Crippen LogP contribution < -0.4 is 0 Å². The number of hydrogen-bond donors (Lipinski definition) is 0. The van der Waals surface area contributed by atoms with Gasteiger partial charge in [-0.15, -0.1) is 0 Å². The van der Waals surface area contributed by atoms with Crippen LogP contribution in [0.2, 0.25) is 0 Å². The van der Waals surface area contributed by atoms with Gasteiger partial charge in [-0.1, -0.05) is 6.07 Å². The molecule has 0 unspecified atom stereocenters. The standard InChI is InChI=1S/C18H27N3O2/c1-20(2)8-9-21(13-15-6-4-10-23-15)18(22)17-11-16(17)14-5-3-7-19-12-14/h3,5,7,12,15-17H,4,6,8-11,13H2,1-2H3/t15-,16+,17+/m0/s1. The van der Waals surface area contributed by atoms with Crippen LogP contribution in [0.1, 0.15) is 30.7 Å². The highest BCUT2D eigenvalue weighted by molar-refractivity contribution is 5.83. The van der Waals surface area contributed by atoms with Crippen LogP contribution in [0.5, 0.6) is 0 Å². The molecule has 0 aromatic carbocycles. The van der Waals surface area contributed by atoms with Crippen molar-refractivity contribution >= 4 is 5.91 Å². The Labute approximate surface area is 138 Å². The summed E-state index contributed by atoms with van der Waals surface area (Å²) < 4.78 is 5.73. The lowest BCUT2D eigenvalue weighted by molar-refractivity contribution is -0.134. The van der Waals surface area contributed by atoms with Crippen molar-refractivity contribution in [2.24, 2.45) is 5.92 Å². The van der Waals surface area contributed by atoms with E-state index in [1.807, 2.05) is 31.3 Å². The number of carbonyl (C=O) groups is 1. The maximum absolute atomic E-state index is 12.9. The molecule has 5 nitrogen and oxygen atoms in total. The van der Waals surface area contributed by atoms with E-state index in [1.165, 1.54) is 5.56 Å². The van der Waals surface area contributed by atoms with Crippen LogP contribution >= 0.6 is 0 Å². The van der Waals surface area contributed by atoms with Gasteiger partial charge in [0.05, 0.1) is 6.10 Å². The minimum absolute atomic E-state index is 0.128. The quantitative estimate of drug-likeness (QED) is 0.769. The van der Waals surface area contributed by atoms with E-state index >= 15 is 0 Å². The highest BCUT2D eigenvalue weighted by Crippen LogP contribution is 2.48. The van der Waals surface area contributed by atoms with E-state index < -0.39 is 0 Å². The maximum atomic E-state index is 12.9. The van der Waals surface area contributed by atoms with E-state index in [1.54, 1.807) is 6.20 Å². The molecule has 0 N–H and O–H groups in total. The maximum Gasteiger partial charge on any atom is 0.226 e. The molecule has 0 bridgehead atoms. The minimum atomic E-state index is 0.128. The van der Waals surface area contributed by atoms with Crippen molar-refractivity contribution in [3.8, 4) is 0 Å². The number of nitrogens with zero attached hydrogens (tertiary/aromatic N) is 3. The summed E-state index contributed by atoms with van der Waals surface area (Å²) in [5, 5.41) is 0. The van der Waals surface area contributed by atoms with Gasteiger partial charge in [0.1, 0.15) is 0 Å². The molecule has 1 amide bonds. The molecule has 0 spiro atoms. The van der Waals surface area contributed by atoms with Gasteiger partial charge in [0.2, 0.25) is 5.91 Å². The van der Waals surface area contributed by atoms with Gasteiger partial charge in [0.25, 0.3) is 0 Å². The van der Waals surface area contributed by atoms with Gasteiger partial charge in [-0.05, 0) is 50.9 Å². The van der Waals surface area contributed by atoms with Crippen molar-refractivity contribution in [3.63, 3.8) is 0 Å². The second kappa shape index (κ2) is 7.41. The molecule has 5 heteroatoms. The summed E-state index contributed by atoms with van der Waals surface area (Å²) in [6.07, 6.45) is 7.03. The molecule has 2 fully saturated rings. The first-order valence-corrected chi connectivity index (χ1v) is 8.60. The summed E-state index contributed by atoms with van der Waals surface area (Å²) in [5.74, 6) is 0.765. The summed E-state index contributed by atoms with van der Waals surface area (Å²) in [4.78, 5) is 21.2. The van der Waals surface area contributed by atoms with E-state index in [2.05, 4.69) is 16.0 Å². The lowest BCUT2D eigenvalue weighted by atomic mass is 10.1. The fourth-order valence-electron chi connectivity index (χ4n) is 3.31. The molecule has 3 atom stereocenters. The summed E-state index contributed by atoms with van der Waals surface area (Å²) >= 11 is 0. The lowest BCUT2D eigenvalue weighted by Gasteiger charge is -2.27. The number of ether oxygens (including phenoxy) is 1. The first-order chi connectivity index (χ1) is 11.1. The second-order valence-electron chi connectivity index (χ2n) is 6.96. The van der Waals surface area contributed by atoms with Crippen molar-refractivity contribution in [2.75, 3.05) is 40.3 Å². The molecule has 2 aliphatic rings. The molecule has 126 valence electrons. The Kier molecular flexibility index (Phi) is 5.28. The highest BCUT2D eigenvalue weighted by Gasteiger charge is 2.46. The van der Waals surface area contributed by atoms with Crippen LogP contribution in [-0.4, -0.2) is 67.1 Å².